The Morgan fingerprint density at radius 1 is 0.970 bits per heavy atom. The predicted octanol–water partition coefficient (Wildman–Crippen LogP) is 7.28. The minimum Gasteiger partial charge on any atom is -0.459 e. The van der Waals surface area contributed by atoms with Crippen molar-refractivity contribution in [1.29, 1.82) is 0 Å². The molecule has 0 amide bonds. The predicted molar refractivity (Wildman–Crippen MR) is 131 cm³/mol. The second kappa shape index (κ2) is 7.20. The summed E-state index contributed by atoms with van der Waals surface area (Å²) < 4.78 is 6.01. The fourth-order valence-electron chi connectivity index (χ4n) is 10.8. The number of allylic oxidation sites excluding steroid dienone is 2. The van der Waals surface area contributed by atoms with Crippen LogP contribution in [0.1, 0.15) is 113 Å². The molecule has 0 N–H and O–H groups in total. The normalized spacial score (nSPS) is 48.2. The highest BCUT2D eigenvalue weighted by Gasteiger charge is 2.81. The summed E-state index contributed by atoms with van der Waals surface area (Å²) in [6, 6.07) is 0. The molecule has 2 spiro atoms. The van der Waals surface area contributed by atoms with Crippen molar-refractivity contribution in [3.8, 4) is 0 Å². The lowest BCUT2D eigenvalue weighted by Gasteiger charge is -2.61. The first kappa shape index (κ1) is 23.6. The second-order valence-corrected chi connectivity index (χ2v) is 14.1. The van der Waals surface area contributed by atoms with Crippen molar-refractivity contribution in [3.05, 3.63) is 11.6 Å². The molecule has 5 rings (SSSR count). The third-order valence-corrected chi connectivity index (χ3v) is 12.2. The number of ketones is 1. The van der Waals surface area contributed by atoms with Gasteiger partial charge in [0.25, 0.3) is 0 Å². The molecule has 0 radical (unpaired) electrons. The summed E-state index contributed by atoms with van der Waals surface area (Å²) in [6.07, 6.45) is 13.2. The summed E-state index contributed by atoms with van der Waals surface area (Å²) in [7, 11) is 0. The first-order valence-corrected chi connectivity index (χ1v) is 13.7. The van der Waals surface area contributed by atoms with E-state index < -0.39 is 0 Å². The van der Waals surface area contributed by atoms with Crippen LogP contribution in [0.15, 0.2) is 11.6 Å². The molecule has 4 saturated carbocycles. The summed E-state index contributed by atoms with van der Waals surface area (Å²) in [6.45, 7) is 16.0. The third kappa shape index (κ3) is 3.05. The van der Waals surface area contributed by atoms with Crippen LogP contribution in [-0.4, -0.2) is 17.4 Å². The maximum absolute atomic E-state index is 12.6. The molecule has 8 atom stereocenters. The van der Waals surface area contributed by atoms with E-state index in [0.29, 0.717) is 58.0 Å². The number of carbonyl (C=O) groups excluding carboxylic acids is 2. The number of esters is 1. The van der Waals surface area contributed by atoms with E-state index in [2.05, 4.69) is 34.6 Å². The zero-order valence-electron chi connectivity index (χ0n) is 22.2. The number of cyclic esters (lactones) is 1. The number of rotatable bonds is 4. The van der Waals surface area contributed by atoms with E-state index in [-0.39, 0.29) is 11.6 Å². The van der Waals surface area contributed by atoms with Crippen LogP contribution in [0.4, 0.5) is 0 Å². The molecule has 1 heterocycles. The van der Waals surface area contributed by atoms with Crippen LogP contribution in [0.2, 0.25) is 0 Å². The summed E-state index contributed by atoms with van der Waals surface area (Å²) in [5.74, 6) is 2.68. The second-order valence-electron chi connectivity index (χ2n) is 14.1. The molecule has 0 aromatic heterocycles. The van der Waals surface area contributed by atoms with E-state index in [1.54, 1.807) is 0 Å². The van der Waals surface area contributed by atoms with Crippen LogP contribution in [0.25, 0.3) is 0 Å². The Kier molecular flexibility index (Phi) is 5.15. The molecular formula is C30H46O3. The Hall–Kier alpha value is -1.12. The van der Waals surface area contributed by atoms with Gasteiger partial charge in [-0.25, -0.2) is 0 Å². The number of hydrogen-bond acceptors (Lipinski definition) is 3. The van der Waals surface area contributed by atoms with Gasteiger partial charge in [0.05, 0.1) is 0 Å². The van der Waals surface area contributed by atoms with Gasteiger partial charge in [-0.15, -0.1) is 0 Å². The molecule has 0 unspecified atom stereocenters. The summed E-state index contributed by atoms with van der Waals surface area (Å²) in [5, 5.41) is 0. The Labute approximate surface area is 201 Å². The Morgan fingerprint density at radius 3 is 2.33 bits per heavy atom. The fraction of sp³-hybridized carbons (Fsp3) is 0.867. The highest BCUT2D eigenvalue weighted by Crippen LogP contribution is 2.88. The molecule has 4 aliphatic carbocycles. The largest absolute Gasteiger partial charge is 0.459 e. The maximum Gasteiger partial charge on any atom is 0.306 e. The average molecular weight is 455 g/mol. The van der Waals surface area contributed by atoms with E-state index in [4.69, 9.17) is 4.74 Å². The first-order chi connectivity index (χ1) is 15.3. The van der Waals surface area contributed by atoms with Gasteiger partial charge < -0.3 is 4.74 Å². The summed E-state index contributed by atoms with van der Waals surface area (Å²) in [5.41, 5.74) is 2.18. The highest BCUT2D eigenvalue weighted by molar-refractivity contribution is 5.90. The van der Waals surface area contributed by atoms with Crippen LogP contribution in [0.5, 0.6) is 0 Å². The standard InChI is InChI=1S/C30H46O3/c1-19(2)16-21(31)17-20(3)22-10-12-28(7)24-9-8-23-26(4,5)33-25(32)11-13-29(23)18-30(24,29)15-14-27(22,28)6/h16,20,22-24H,8-15,17-18H2,1-7H3/t20-,22-,23+,24+,27-,28+,29-,30+/m1/s1. The van der Waals surface area contributed by atoms with Crippen LogP contribution in [-0.2, 0) is 14.3 Å². The van der Waals surface area contributed by atoms with Crippen molar-refractivity contribution < 1.29 is 14.3 Å². The molecule has 5 fully saturated rings. The molecule has 0 bridgehead atoms. The third-order valence-electron chi connectivity index (χ3n) is 12.2. The Balaban J connectivity index is 1.43. The van der Waals surface area contributed by atoms with E-state index in [9.17, 15) is 9.59 Å². The molecule has 5 aliphatic rings. The molecule has 3 nitrogen and oxygen atoms in total. The SMILES string of the molecule is CC(C)=CC(=O)C[C@@H](C)[C@H]1CC[C@@]2(C)[C@@H]3CC[C@H]4C(C)(C)OC(=O)CC[C@@]45C[C@@]35CC[C@]12C. The van der Waals surface area contributed by atoms with Crippen molar-refractivity contribution in [1.82, 2.24) is 0 Å². The average Bonchev–Trinajstić information content (AvgIpc) is 3.30. The maximum atomic E-state index is 12.6. The molecule has 0 aromatic carbocycles. The van der Waals surface area contributed by atoms with Gasteiger partial charge in [0, 0.05) is 18.8 Å². The van der Waals surface area contributed by atoms with Gasteiger partial charge in [0.2, 0.25) is 0 Å². The van der Waals surface area contributed by atoms with Crippen molar-refractivity contribution >= 4 is 11.8 Å². The van der Waals surface area contributed by atoms with E-state index >= 15 is 0 Å². The lowest BCUT2D eigenvalue weighted by molar-refractivity contribution is -0.168. The van der Waals surface area contributed by atoms with Gasteiger partial charge in [-0.1, -0.05) is 26.3 Å². The quantitative estimate of drug-likeness (QED) is 0.331. The topological polar surface area (TPSA) is 43.4 Å². The molecule has 33 heavy (non-hydrogen) atoms. The van der Waals surface area contributed by atoms with Crippen LogP contribution in [0, 0.1) is 45.3 Å². The van der Waals surface area contributed by atoms with Gasteiger partial charge in [-0.2, -0.15) is 0 Å². The van der Waals surface area contributed by atoms with Gasteiger partial charge in [-0.05, 0) is 125 Å². The zero-order valence-corrected chi connectivity index (χ0v) is 22.2. The van der Waals surface area contributed by atoms with Gasteiger partial charge in [0.1, 0.15) is 5.60 Å². The lowest BCUT2D eigenvalue weighted by atomic mass is 9.43. The smallest absolute Gasteiger partial charge is 0.306 e. The molecule has 1 saturated heterocycles. The number of ether oxygens (including phenoxy) is 1. The number of carbonyl (C=O) groups is 2. The van der Waals surface area contributed by atoms with E-state index in [1.165, 1.54) is 44.9 Å². The van der Waals surface area contributed by atoms with Crippen molar-refractivity contribution in [2.45, 2.75) is 118 Å². The van der Waals surface area contributed by atoms with Crippen LogP contribution < -0.4 is 0 Å². The summed E-state index contributed by atoms with van der Waals surface area (Å²) in [4.78, 5) is 25.1. The van der Waals surface area contributed by atoms with E-state index in [1.807, 2.05) is 19.9 Å². The van der Waals surface area contributed by atoms with Crippen molar-refractivity contribution in [2.24, 2.45) is 45.3 Å². The monoisotopic (exact) mass is 454 g/mol. The zero-order chi connectivity index (χ0) is 24.0. The lowest BCUT2D eigenvalue weighted by Crippen LogP contribution is -2.56. The van der Waals surface area contributed by atoms with Gasteiger partial charge in [0.15, 0.2) is 5.78 Å². The number of hydrogen-bond donors (Lipinski definition) is 0. The molecule has 3 heteroatoms. The summed E-state index contributed by atoms with van der Waals surface area (Å²) >= 11 is 0. The molecular weight excluding hydrogens is 408 g/mol. The highest BCUT2D eigenvalue weighted by atomic mass is 16.6. The first-order valence-electron chi connectivity index (χ1n) is 13.7. The van der Waals surface area contributed by atoms with Crippen LogP contribution >= 0.6 is 0 Å². The Bertz CT molecular complexity index is 896. The minimum absolute atomic E-state index is 0.0185. The van der Waals surface area contributed by atoms with Crippen molar-refractivity contribution in [3.63, 3.8) is 0 Å². The van der Waals surface area contributed by atoms with Gasteiger partial charge >= 0.3 is 5.97 Å². The molecule has 1 aliphatic heterocycles. The Morgan fingerprint density at radius 2 is 1.64 bits per heavy atom. The molecule has 0 aromatic rings. The van der Waals surface area contributed by atoms with Crippen LogP contribution in [0.3, 0.4) is 0 Å². The van der Waals surface area contributed by atoms with Crippen molar-refractivity contribution in [2.75, 3.05) is 0 Å². The number of fused-ring (bicyclic) bond motifs is 2. The fourth-order valence-corrected chi connectivity index (χ4v) is 10.8. The van der Waals surface area contributed by atoms with Gasteiger partial charge in [-0.3, -0.25) is 9.59 Å². The minimum atomic E-state index is -0.332. The molecule has 184 valence electrons. The van der Waals surface area contributed by atoms with E-state index in [0.717, 1.165) is 17.9 Å².